The second-order valence-electron chi connectivity index (χ2n) is 3.08. The molecule has 0 aromatic carbocycles. The number of carbonyl (C=O) groups is 1. The van der Waals surface area contributed by atoms with E-state index in [1.165, 1.54) is 0 Å². The van der Waals surface area contributed by atoms with E-state index in [-0.39, 0.29) is 0 Å². The Kier molecular flexibility index (Phi) is 4.07. The molecule has 4 heteroatoms. The van der Waals surface area contributed by atoms with Gasteiger partial charge in [0.15, 0.2) is 6.10 Å². The van der Waals surface area contributed by atoms with Crippen LogP contribution in [0.1, 0.15) is 20.3 Å². The van der Waals surface area contributed by atoms with Gasteiger partial charge in [0.05, 0.1) is 0 Å². The predicted molar refractivity (Wildman–Crippen MR) is 41.1 cm³/mol. The summed E-state index contributed by atoms with van der Waals surface area (Å²) in [6.45, 7) is 3.85. The van der Waals surface area contributed by atoms with Gasteiger partial charge in [-0.3, -0.25) is 0 Å². The van der Waals surface area contributed by atoms with Crippen LogP contribution in [0.5, 0.6) is 0 Å². The standard InChI is InChI=1S/C7H15NO3/c1-4(2)3-5(8)6(9)7(10)11/h4-6,9H,3,8H2,1-2H3,(H,10,11)/t5-,6-/m0/s1. The number of hydrogen-bond donors (Lipinski definition) is 3. The molecule has 4 nitrogen and oxygen atoms in total. The first-order valence-corrected chi connectivity index (χ1v) is 3.61. The van der Waals surface area contributed by atoms with Crippen LogP contribution >= 0.6 is 0 Å². The minimum Gasteiger partial charge on any atom is -0.479 e. The molecule has 66 valence electrons. The van der Waals surface area contributed by atoms with Crippen molar-refractivity contribution in [2.45, 2.75) is 32.4 Å². The monoisotopic (exact) mass is 161 g/mol. The number of hydrogen-bond acceptors (Lipinski definition) is 3. The SMILES string of the molecule is CC(C)C[C@H](N)[C@H](O)C(=O)O. The molecule has 0 aliphatic rings. The smallest absolute Gasteiger partial charge is 0.334 e. The Labute approximate surface area is 66.0 Å². The maximum atomic E-state index is 10.2. The van der Waals surface area contributed by atoms with Crippen LogP contribution in [-0.2, 0) is 4.79 Å². The Bertz CT molecular complexity index is 136. The van der Waals surface area contributed by atoms with Gasteiger partial charge in [-0.1, -0.05) is 13.8 Å². The quantitative estimate of drug-likeness (QED) is 0.533. The van der Waals surface area contributed by atoms with E-state index < -0.39 is 18.1 Å². The minimum atomic E-state index is -1.43. The molecule has 11 heavy (non-hydrogen) atoms. The molecule has 2 atom stereocenters. The van der Waals surface area contributed by atoms with Crippen LogP contribution in [0.25, 0.3) is 0 Å². The van der Waals surface area contributed by atoms with Crippen molar-refractivity contribution in [3.05, 3.63) is 0 Å². The van der Waals surface area contributed by atoms with Crippen molar-refractivity contribution < 1.29 is 15.0 Å². The number of carboxylic acids is 1. The fourth-order valence-corrected chi connectivity index (χ4v) is 0.856. The zero-order valence-electron chi connectivity index (χ0n) is 6.82. The second kappa shape index (κ2) is 4.31. The number of rotatable bonds is 4. The van der Waals surface area contributed by atoms with Crippen molar-refractivity contribution in [3.8, 4) is 0 Å². The lowest BCUT2D eigenvalue weighted by Crippen LogP contribution is -2.41. The molecule has 0 unspecified atom stereocenters. The molecule has 0 bridgehead atoms. The van der Waals surface area contributed by atoms with Crippen LogP contribution in [0.3, 0.4) is 0 Å². The van der Waals surface area contributed by atoms with E-state index in [0.717, 1.165) is 0 Å². The highest BCUT2D eigenvalue weighted by molar-refractivity contribution is 5.72. The van der Waals surface area contributed by atoms with Crippen LogP contribution in [0.2, 0.25) is 0 Å². The highest BCUT2D eigenvalue weighted by Gasteiger charge is 2.22. The zero-order valence-corrected chi connectivity index (χ0v) is 6.82. The Hall–Kier alpha value is -0.610. The lowest BCUT2D eigenvalue weighted by atomic mass is 10.0. The van der Waals surface area contributed by atoms with Gasteiger partial charge in [-0.2, -0.15) is 0 Å². The van der Waals surface area contributed by atoms with Gasteiger partial charge < -0.3 is 15.9 Å². The molecular weight excluding hydrogens is 146 g/mol. The van der Waals surface area contributed by atoms with Gasteiger partial charge in [0.25, 0.3) is 0 Å². The largest absolute Gasteiger partial charge is 0.479 e. The van der Waals surface area contributed by atoms with E-state index in [1.807, 2.05) is 13.8 Å². The molecule has 4 N–H and O–H groups in total. The Morgan fingerprint density at radius 3 is 2.27 bits per heavy atom. The Morgan fingerprint density at radius 2 is 2.00 bits per heavy atom. The van der Waals surface area contributed by atoms with E-state index in [9.17, 15) is 4.79 Å². The molecule has 0 saturated carbocycles. The summed E-state index contributed by atoms with van der Waals surface area (Å²) in [4.78, 5) is 10.2. The van der Waals surface area contributed by atoms with E-state index in [0.29, 0.717) is 12.3 Å². The van der Waals surface area contributed by atoms with Crippen LogP contribution in [0, 0.1) is 5.92 Å². The van der Waals surface area contributed by atoms with Gasteiger partial charge in [-0.05, 0) is 12.3 Å². The lowest BCUT2D eigenvalue weighted by molar-refractivity contribution is -0.147. The van der Waals surface area contributed by atoms with Gasteiger partial charge in [-0.25, -0.2) is 4.79 Å². The summed E-state index contributed by atoms with van der Waals surface area (Å²) < 4.78 is 0. The van der Waals surface area contributed by atoms with Gasteiger partial charge in [0, 0.05) is 6.04 Å². The molecule has 0 fully saturated rings. The molecule has 0 spiro atoms. The van der Waals surface area contributed by atoms with Crippen molar-refractivity contribution in [3.63, 3.8) is 0 Å². The average molecular weight is 161 g/mol. The van der Waals surface area contributed by atoms with Gasteiger partial charge >= 0.3 is 5.97 Å². The topological polar surface area (TPSA) is 83.5 Å². The Balaban J connectivity index is 3.82. The lowest BCUT2D eigenvalue weighted by Gasteiger charge is -2.16. The van der Waals surface area contributed by atoms with Crippen molar-refractivity contribution in [1.29, 1.82) is 0 Å². The number of carboxylic acid groups (broad SMARTS) is 1. The molecule has 0 amide bonds. The number of nitrogens with two attached hydrogens (primary N) is 1. The number of aliphatic carboxylic acids is 1. The number of aliphatic hydroxyl groups excluding tert-OH is 1. The van der Waals surface area contributed by atoms with Gasteiger partial charge in [0.1, 0.15) is 0 Å². The maximum absolute atomic E-state index is 10.2. The summed E-state index contributed by atoms with van der Waals surface area (Å²) in [7, 11) is 0. The molecular formula is C7H15NO3. The molecule has 0 heterocycles. The van der Waals surface area contributed by atoms with Gasteiger partial charge in [-0.15, -0.1) is 0 Å². The molecule has 0 aliphatic heterocycles. The normalized spacial score (nSPS) is 16.5. The Morgan fingerprint density at radius 1 is 1.55 bits per heavy atom. The van der Waals surface area contributed by atoms with Crippen LogP contribution < -0.4 is 5.73 Å². The summed E-state index contributed by atoms with van der Waals surface area (Å²) in [5, 5.41) is 17.3. The first-order chi connectivity index (χ1) is 4.95. The minimum absolute atomic E-state index is 0.305. The summed E-state index contributed by atoms with van der Waals surface area (Å²) >= 11 is 0. The van der Waals surface area contributed by atoms with E-state index in [2.05, 4.69) is 0 Å². The molecule has 0 aromatic rings. The van der Waals surface area contributed by atoms with Crippen molar-refractivity contribution >= 4 is 5.97 Å². The molecule has 0 aliphatic carbocycles. The highest BCUT2D eigenvalue weighted by Crippen LogP contribution is 2.05. The summed E-state index contributed by atoms with van der Waals surface area (Å²) in [6, 6.07) is -0.660. The summed E-state index contributed by atoms with van der Waals surface area (Å²) in [5.74, 6) is -0.947. The fraction of sp³-hybridized carbons (Fsp3) is 0.857. The van der Waals surface area contributed by atoms with Crippen molar-refractivity contribution in [2.75, 3.05) is 0 Å². The maximum Gasteiger partial charge on any atom is 0.334 e. The molecule has 0 aromatic heterocycles. The summed E-state index contributed by atoms with van der Waals surface area (Å²) in [6.07, 6.45) is -0.912. The molecule has 0 radical (unpaired) electrons. The third-order valence-corrected chi connectivity index (χ3v) is 1.40. The summed E-state index contributed by atoms with van der Waals surface area (Å²) in [5.41, 5.74) is 5.39. The van der Waals surface area contributed by atoms with E-state index in [4.69, 9.17) is 15.9 Å². The van der Waals surface area contributed by atoms with Crippen molar-refractivity contribution in [2.24, 2.45) is 11.7 Å². The van der Waals surface area contributed by atoms with E-state index >= 15 is 0 Å². The molecule has 0 saturated heterocycles. The highest BCUT2D eigenvalue weighted by atomic mass is 16.4. The van der Waals surface area contributed by atoms with Crippen LogP contribution in [0.15, 0.2) is 0 Å². The van der Waals surface area contributed by atoms with Crippen LogP contribution in [0.4, 0.5) is 0 Å². The number of aliphatic hydroxyl groups is 1. The molecule has 0 rings (SSSR count). The van der Waals surface area contributed by atoms with Crippen LogP contribution in [-0.4, -0.2) is 28.3 Å². The first kappa shape index (κ1) is 10.4. The predicted octanol–water partition coefficient (Wildman–Crippen LogP) is -0.195. The average Bonchev–Trinajstić information content (AvgIpc) is 1.84. The van der Waals surface area contributed by atoms with E-state index in [1.54, 1.807) is 0 Å². The third kappa shape index (κ3) is 3.95. The third-order valence-electron chi connectivity index (χ3n) is 1.40. The van der Waals surface area contributed by atoms with Crippen molar-refractivity contribution in [1.82, 2.24) is 0 Å². The van der Waals surface area contributed by atoms with Gasteiger partial charge in [0.2, 0.25) is 0 Å². The second-order valence-corrected chi connectivity index (χ2v) is 3.08. The zero-order chi connectivity index (χ0) is 9.02. The fourth-order valence-electron chi connectivity index (χ4n) is 0.856. The first-order valence-electron chi connectivity index (χ1n) is 3.61.